The van der Waals surface area contributed by atoms with Gasteiger partial charge in [-0.15, -0.1) is 0 Å². The second-order valence-electron chi connectivity index (χ2n) is 7.84. The topological polar surface area (TPSA) is 107 Å². The van der Waals surface area contributed by atoms with Crippen molar-refractivity contribution in [2.75, 3.05) is 33.9 Å². The van der Waals surface area contributed by atoms with Crippen molar-refractivity contribution >= 4 is 22.7 Å². The number of benzene rings is 2. The first-order valence-corrected chi connectivity index (χ1v) is 10.5. The number of piperidine rings is 1. The van der Waals surface area contributed by atoms with Gasteiger partial charge in [0.25, 0.3) is 11.8 Å². The van der Waals surface area contributed by atoms with Crippen LogP contribution in [0.3, 0.4) is 0 Å². The smallest absolute Gasteiger partial charge is 0.255 e. The van der Waals surface area contributed by atoms with E-state index in [2.05, 4.69) is 17.2 Å². The van der Waals surface area contributed by atoms with Crippen LogP contribution in [0, 0.1) is 0 Å². The number of methoxy groups -OCH3 is 2. The van der Waals surface area contributed by atoms with Crippen molar-refractivity contribution in [1.29, 1.82) is 0 Å². The summed E-state index contributed by atoms with van der Waals surface area (Å²) in [7, 11) is 3.16. The Hall–Kier alpha value is -3.68. The van der Waals surface area contributed by atoms with Crippen LogP contribution in [0.25, 0.3) is 10.9 Å². The summed E-state index contributed by atoms with van der Waals surface area (Å²) in [4.78, 5) is 29.2. The Balaban J connectivity index is 1.44. The number of carbonyl (C=O) groups is 2. The van der Waals surface area contributed by atoms with Crippen molar-refractivity contribution in [3.8, 4) is 17.2 Å². The van der Waals surface area contributed by atoms with Crippen LogP contribution in [-0.2, 0) is 4.79 Å². The number of rotatable bonds is 7. The molecule has 3 N–H and O–H groups in total. The number of H-pyrrole nitrogens is 1. The van der Waals surface area contributed by atoms with Gasteiger partial charge in [-0.2, -0.15) is 0 Å². The Morgan fingerprint density at radius 3 is 2.53 bits per heavy atom. The predicted molar refractivity (Wildman–Crippen MR) is 120 cm³/mol. The number of aromatic amines is 1. The van der Waals surface area contributed by atoms with Crippen LogP contribution < -0.4 is 19.9 Å². The van der Waals surface area contributed by atoms with E-state index in [1.54, 1.807) is 25.3 Å². The first-order valence-electron chi connectivity index (χ1n) is 10.5. The second kappa shape index (κ2) is 9.21. The summed E-state index contributed by atoms with van der Waals surface area (Å²) in [6.45, 7) is 1.08. The van der Waals surface area contributed by atoms with E-state index in [-0.39, 0.29) is 12.5 Å². The Bertz CT molecular complexity index is 1130. The molecule has 2 aromatic carbocycles. The minimum atomic E-state index is -0.580. The molecule has 0 radical (unpaired) electrons. The summed E-state index contributed by atoms with van der Waals surface area (Å²) in [6, 6.07) is 11.0. The Morgan fingerprint density at radius 2 is 1.84 bits per heavy atom. The number of nitrogens with two attached hydrogens (primary N) is 1. The molecule has 0 bridgehead atoms. The zero-order valence-corrected chi connectivity index (χ0v) is 18.2. The molecule has 1 saturated heterocycles. The Morgan fingerprint density at radius 1 is 1.06 bits per heavy atom. The monoisotopic (exact) mass is 437 g/mol. The van der Waals surface area contributed by atoms with E-state index < -0.39 is 5.91 Å². The predicted octanol–water partition coefficient (Wildman–Crippen LogP) is 3.07. The highest BCUT2D eigenvalue weighted by Crippen LogP contribution is 2.35. The van der Waals surface area contributed by atoms with Gasteiger partial charge in [0.2, 0.25) is 0 Å². The second-order valence-corrected chi connectivity index (χ2v) is 7.84. The fraction of sp³-hybridized carbons (Fsp3) is 0.333. The number of hydrogen-bond donors (Lipinski definition) is 2. The molecule has 0 spiro atoms. The molecule has 1 aromatic heterocycles. The van der Waals surface area contributed by atoms with E-state index >= 15 is 0 Å². The maximum absolute atomic E-state index is 13.1. The summed E-state index contributed by atoms with van der Waals surface area (Å²) in [5.41, 5.74) is 8.00. The van der Waals surface area contributed by atoms with Crippen molar-refractivity contribution in [2.45, 2.75) is 18.8 Å². The maximum atomic E-state index is 13.1. The van der Waals surface area contributed by atoms with Gasteiger partial charge >= 0.3 is 0 Å². The lowest BCUT2D eigenvalue weighted by molar-refractivity contribution is -0.119. The Labute approximate surface area is 186 Å². The average molecular weight is 437 g/mol. The first-order chi connectivity index (χ1) is 15.5. The first kappa shape index (κ1) is 21.5. The molecule has 0 aliphatic carbocycles. The highest BCUT2D eigenvalue weighted by atomic mass is 16.5. The average Bonchev–Trinajstić information content (AvgIpc) is 3.25. The van der Waals surface area contributed by atoms with Crippen LogP contribution in [0.1, 0.15) is 34.7 Å². The van der Waals surface area contributed by atoms with Crippen LogP contribution in [-0.4, -0.2) is 55.6 Å². The van der Waals surface area contributed by atoms with E-state index in [1.165, 1.54) is 18.1 Å². The van der Waals surface area contributed by atoms with Gasteiger partial charge in [0, 0.05) is 35.8 Å². The molecule has 8 nitrogen and oxygen atoms in total. The molecule has 2 amide bonds. The summed E-state index contributed by atoms with van der Waals surface area (Å²) < 4.78 is 16.0. The summed E-state index contributed by atoms with van der Waals surface area (Å²) in [5, 5.41) is 1.17. The number of nitrogens with one attached hydrogen (secondary N) is 1. The van der Waals surface area contributed by atoms with E-state index in [0.717, 1.165) is 24.1 Å². The van der Waals surface area contributed by atoms with Crippen LogP contribution in [0.15, 0.2) is 42.6 Å². The number of ether oxygens (including phenoxy) is 3. The van der Waals surface area contributed by atoms with Gasteiger partial charge in [0.1, 0.15) is 5.75 Å². The van der Waals surface area contributed by atoms with Crippen molar-refractivity contribution in [2.24, 2.45) is 5.73 Å². The van der Waals surface area contributed by atoms with Gasteiger partial charge in [-0.1, -0.05) is 0 Å². The molecule has 1 aliphatic rings. The van der Waals surface area contributed by atoms with Crippen LogP contribution in [0.4, 0.5) is 0 Å². The third-order valence-electron chi connectivity index (χ3n) is 5.92. The SMILES string of the molecule is COc1ccc2[nH]cc(C3CCN(C(=O)c4ccc(OCC(N)=O)c(OC)c4)CC3)c2c1. The molecule has 32 heavy (non-hydrogen) atoms. The largest absolute Gasteiger partial charge is 0.497 e. The molecule has 8 heteroatoms. The molecule has 0 saturated carbocycles. The molecular formula is C24H27N3O5. The fourth-order valence-corrected chi connectivity index (χ4v) is 4.23. The molecule has 2 heterocycles. The molecule has 0 atom stereocenters. The normalized spacial score (nSPS) is 14.4. The van der Waals surface area contributed by atoms with E-state index in [9.17, 15) is 9.59 Å². The number of fused-ring (bicyclic) bond motifs is 1. The minimum Gasteiger partial charge on any atom is -0.497 e. The zero-order chi connectivity index (χ0) is 22.7. The molecule has 4 rings (SSSR count). The van der Waals surface area contributed by atoms with Crippen molar-refractivity contribution in [3.05, 3.63) is 53.7 Å². The third-order valence-corrected chi connectivity index (χ3v) is 5.92. The highest BCUT2D eigenvalue weighted by Gasteiger charge is 2.26. The summed E-state index contributed by atoms with van der Waals surface area (Å²) >= 11 is 0. The van der Waals surface area contributed by atoms with Gasteiger partial charge in [0.15, 0.2) is 18.1 Å². The van der Waals surface area contributed by atoms with Gasteiger partial charge in [0.05, 0.1) is 14.2 Å². The van der Waals surface area contributed by atoms with Gasteiger partial charge in [-0.3, -0.25) is 9.59 Å². The maximum Gasteiger partial charge on any atom is 0.255 e. The summed E-state index contributed by atoms with van der Waals surface area (Å²) in [6.07, 6.45) is 3.83. The summed E-state index contributed by atoms with van der Waals surface area (Å²) in [5.74, 6) is 1.34. The number of likely N-dealkylation sites (tertiary alicyclic amines) is 1. The zero-order valence-electron chi connectivity index (χ0n) is 18.2. The Kier molecular flexibility index (Phi) is 6.20. The number of nitrogens with zero attached hydrogens (tertiary/aromatic N) is 1. The van der Waals surface area contributed by atoms with E-state index in [0.29, 0.717) is 36.1 Å². The molecule has 1 fully saturated rings. The van der Waals surface area contributed by atoms with Crippen molar-refractivity contribution < 1.29 is 23.8 Å². The number of amides is 2. The van der Waals surface area contributed by atoms with Gasteiger partial charge in [-0.25, -0.2) is 0 Å². The number of carbonyl (C=O) groups excluding carboxylic acids is 2. The molecule has 3 aromatic rings. The lowest BCUT2D eigenvalue weighted by atomic mass is 9.89. The third kappa shape index (κ3) is 4.34. The van der Waals surface area contributed by atoms with Gasteiger partial charge in [-0.05, 0) is 60.7 Å². The molecule has 168 valence electrons. The van der Waals surface area contributed by atoms with Crippen LogP contribution >= 0.6 is 0 Å². The van der Waals surface area contributed by atoms with Crippen LogP contribution in [0.5, 0.6) is 17.2 Å². The molecular weight excluding hydrogens is 410 g/mol. The lowest BCUT2D eigenvalue weighted by Crippen LogP contribution is -2.37. The van der Waals surface area contributed by atoms with E-state index in [4.69, 9.17) is 19.9 Å². The number of primary amides is 1. The van der Waals surface area contributed by atoms with Crippen molar-refractivity contribution in [3.63, 3.8) is 0 Å². The molecule has 1 aliphatic heterocycles. The lowest BCUT2D eigenvalue weighted by Gasteiger charge is -2.32. The van der Waals surface area contributed by atoms with Gasteiger partial charge < -0.3 is 29.8 Å². The standard InChI is InChI=1S/C24H27N3O5/c1-30-17-4-5-20-18(12-17)19(13-26-20)15-7-9-27(10-8-15)24(29)16-3-6-21(22(11-16)31-2)32-14-23(25)28/h3-6,11-13,15,26H,7-10,14H2,1-2H3,(H2,25,28). The van der Waals surface area contributed by atoms with E-state index in [1.807, 2.05) is 17.0 Å². The number of hydrogen-bond acceptors (Lipinski definition) is 5. The quantitative estimate of drug-likeness (QED) is 0.591. The number of aromatic nitrogens is 1. The fourth-order valence-electron chi connectivity index (χ4n) is 4.23. The van der Waals surface area contributed by atoms with Crippen LogP contribution in [0.2, 0.25) is 0 Å². The highest BCUT2D eigenvalue weighted by molar-refractivity contribution is 5.95. The van der Waals surface area contributed by atoms with Crippen molar-refractivity contribution in [1.82, 2.24) is 9.88 Å². The minimum absolute atomic E-state index is 0.0520. The molecule has 0 unspecified atom stereocenters.